The molecule has 0 fully saturated rings. The summed E-state index contributed by atoms with van der Waals surface area (Å²) >= 11 is 1.60. The molecule has 1 aromatic carbocycles. The van der Waals surface area contributed by atoms with Gasteiger partial charge in [0.05, 0.1) is 16.8 Å². The molecule has 0 unspecified atom stereocenters. The Balaban J connectivity index is 1.98. The number of benzene rings is 1. The van der Waals surface area contributed by atoms with Crippen LogP contribution in [0.5, 0.6) is 0 Å². The summed E-state index contributed by atoms with van der Waals surface area (Å²) in [7, 11) is 4.14. The van der Waals surface area contributed by atoms with Crippen LogP contribution in [0.4, 0.5) is 4.79 Å². The van der Waals surface area contributed by atoms with E-state index in [1.807, 2.05) is 20.8 Å². The fourth-order valence-electron chi connectivity index (χ4n) is 2.07. The van der Waals surface area contributed by atoms with Gasteiger partial charge in [0.25, 0.3) is 0 Å². The second-order valence-electron chi connectivity index (χ2n) is 6.82. The molecule has 2 rings (SSSR count). The highest BCUT2D eigenvalue weighted by Gasteiger charge is 2.16. The van der Waals surface area contributed by atoms with Crippen LogP contribution in [0.25, 0.3) is 10.2 Å². The van der Waals surface area contributed by atoms with Crippen LogP contribution in [0.1, 0.15) is 31.3 Å². The van der Waals surface area contributed by atoms with Gasteiger partial charge >= 0.3 is 6.09 Å². The minimum atomic E-state index is -0.487. The number of thiazole rings is 1. The minimum absolute atomic E-state index is 0.390. The average Bonchev–Trinajstić information content (AvgIpc) is 2.83. The lowest BCUT2D eigenvalue weighted by Crippen LogP contribution is -2.32. The average molecular weight is 335 g/mol. The molecule has 1 aromatic heterocycles. The van der Waals surface area contributed by atoms with Gasteiger partial charge in [0.2, 0.25) is 0 Å². The molecule has 1 heterocycles. The standard InChI is InChI=1S/C17H25N3O2S/c1-17(2,3)22-16(21)18-11-15-19-13-10-12(8-9-20(4)5)6-7-14(13)23-15/h6-7,10H,8-9,11H2,1-5H3,(H,18,21). The summed E-state index contributed by atoms with van der Waals surface area (Å²) in [5, 5.41) is 3.64. The minimum Gasteiger partial charge on any atom is -0.444 e. The Kier molecular flexibility index (Phi) is 5.59. The number of amides is 1. The van der Waals surface area contributed by atoms with Crippen LogP contribution in [-0.4, -0.2) is 42.2 Å². The van der Waals surface area contributed by atoms with Gasteiger partial charge in [0, 0.05) is 6.54 Å². The summed E-state index contributed by atoms with van der Waals surface area (Å²) in [4.78, 5) is 18.5. The molecule has 0 aliphatic heterocycles. The zero-order valence-corrected chi connectivity index (χ0v) is 15.3. The SMILES string of the molecule is CN(C)CCc1ccc2sc(CNC(=O)OC(C)(C)C)nc2c1. The van der Waals surface area contributed by atoms with Crippen LogP contribution in [0.15, 0.2) is 18.2 Å². The van der Waals surface area contributed by atoms with Gasteiger partial charge in [-0.05, 0) is 59.0 Å². The van der Waals surface area contributed by atoms with E-state index in [1.165, 1.54) is 5.56 Å². The summed E-state index contributed by atoms with van der Waals surface area (Å²) in [6.45, 7) is 6.95. The number of likely N-dealkylation sites (N-methyl/N-ethyl adjacent to an activating group) is 1. The van der Waals surface area contributed by atoms with Crippen molar-refractivity contribution in [2.24, 2.45) is 0 Å². The van der Waals surface area contributed by atoms with E-state index in [2.05, 4.69) is 47.5 Å². The molecule has 0 saturated heterocycles. The van der Waals surface area contributed by atoms with Crippen LogP contribution < -0.4 is 5.32 Å². The topological polar surface area (TPSA) is 54.5 Å². The Morgan fingerprint density at radius 2 is 2.09 bits per heavy atom. The number of ether oxygens (including phenoxy) is 1. The molecule has 0 bridgehead atoms. The van der Waals surface area contributed by atoms with Crippen molar-refractivity contribution in [1.29, 1.82) is 0 Å². The number of alkyl carbamates (subject to hydrolysis) is 1. The number of nitrogens with zero attached hydrogens (tertiary/aromatic N) is 2. The van der Waals surface area contributed by atoms with E-state index in [4.69, 9.17) is 4.74 Å². The first kappa shape index (κ1) is 17.7. The number of nitrogens with one attached hydrogen (secondary N) is 1. The van der Waals surface area contributed by atoms with Crippen LogP contribution >= 0.6 is 11.3 Å². The predicted molar refractivity (Wildman–Crippen MR) is 95.0 cm³/mol. The fourth-order valence-corrected chi connectivity index (χ4v) is 2.95. The third-order valence-electron chi connectivity index (χ3n) is 3.13. The Bertz CT molecular complexity index is 674. The molecular weight excluding hydrogens is 310 g/mol. The second-order valence-corrected chi connectivity index (χ2v) is 7.93. The highest BCUT2D eigenvalue weighted by Crippen LogP contribution is 2.23. The second kappa shape index (κ2) is 7.27. The van der Waals surface area contributed by atoms with Gasteiger partial charge < -0.3 is 15.0 Å². The number of aromatic nitrogens is 1. The maximum Gasteiger partial charge on any atom is 0.408 e. The van der Waals surface area contributed by atoms with Crippen molar-refractivity contribution < 1.29 is 9.53 Å². The van der Waals surface area contributed by atoms with E-state index < -0.39 is 11.7 Å². The van der Waals surface area contributed by atoms with Crippen molar-refractivity contribution in [3.8, 4) is 0 Å². The summed E-state index contributed by atoms with van der Waals surface area (Å²) in [5.41, 5.74) is 1.79. The molecule has 23 heavy (non-hydrogen) atoms. The third-order valence-corrected chi connectivity index (χ3v) is 4.16. The maximum atomic E-state index is 11.7. The quantitative estimate of drug-likeness (QED) is 0.909. The molecule has 1 amide bonds. The fraction of sp³-hybridized carbons (Fsp3) is 0.529. The van der Waals surface area contributed by atoms with E-state index in [1.54, 1.807) is 11.3 Å². The lowest BCUT2D eigenvalue weighted by Gasteiger charge is -2.19. The monoisotopic (exact) mass is 335 g/mol. The third kappa shape index (κ3) is 5.80. The van der Waals surface area contributed by atoms with Crippen molar-refractivity contribution in [2.75, 3.05) is 20.6 Å². The lowest BCUT2D eigenvalue weighted by atomic mass is 10.1. The van der Waals surface area contributed by atoms with Crippen LogP contribution in [-0.2, 0) is 17.7 Å². The smallest absolute Gasteiger partial charge is 0.408 e. The molecule has 1 N–H and O–H groups in total. The normalized spacial score (nSPS) is 11.9. The number of fused-ring (bicyclic) bond motifs is 1. The Labute approximate surface area is 141 Å². The maximum absolute atomic E-state index is 11.7. The Morgan fingerprint density at radius 3 is 2.74 bits per heavy atom. The Morgan fingerprint density at radius 1 is 1.35 bits per heavy atom. The van der Waals surface area contributed by atoms with Gasteiger partial charge in [-0.1, -0.05) is 6.07 Å². The first-order valence-corrected chi connectivity index (χ1v) is 8.54. The van der Waals surface area contributed by atoms with Gasteiger partial charge in [0.1, 0.15) is 10.6 Å². The highest BCUT2D eigenvalue weighted by molar-refractivity contribution is 7.18. The number of carbonyl (C=O) groups is 1. The number of hydrogen-bond acceptors (Lipinski definition) is 5. The molecule has 0 aliphatic carbocycles. The molecule has 0 spiro atoms. The summed E-state index contributed by atoms with van der Waals surface area (Å²) in [5.74, 6) is 0. The van der Waals surface area contributed by atoms with E-state index in [0.29, 0.717) is 6.54 Å². The van der Waals surface area contributed by atoms with Gasteiger partial charge in [-0.15, -0.1) is 11.3 Å². The molecule has 0 aliphatic rings. The van der Waals surface area contributed by atoms with E-state index in [0.717, 1.165) is 28.2 Å². The molecule has 126 valence electrons. The molecule has 6 heteroatoms. The van der Waals surface area contributed by atoms with E-state index >= 15 is 0 Å². The molecule has 5 nitrogen and oxygen atoms in total. The number of hydrogen-bond donors (Lipinski definition) is 1. The van der Waals surface area contributed by atoms with Crippen LogP contribution in [0.2, 0.25) is 0 Å². The number of rotatable bonds is 5. The first-order valence-electron chi connectivity index (χ1n) is 7.73. The largest absolute Gasteiger partial charge is 0.444 e. The van der Waals surface area contributed by atoms with Crippen molar-refractivity contribution in [3.05, 3.63) is 28.8 Å². The molecule has 0 saturated carbocycles. The van der Waals surface area contributed by atoms with Crippen molar-refractivity contribution in [3.63, 3.8) is 0 Å². The lowest BCUT2D eigenvalue weighted by molar-refractivity contribution is 0.0523. The van der Waals surface area contributed by atoms with Crippen LogP contribution in [0, 0.1) is 0 Å². The predicted octanol–water partition coefficient (Wildman–Crippen LogP) is 3.43. The van der Waals surface area contributed by atoms with E-state index in [-0.39, 0.29) is 0 Å². The summed E-state index contributed by atoms with van der Waals surface area (Å²) < 4.78 is 6.37. The molecular formula is C17H25N3O2S. The van der Waals surface area contributed by atoms with Gasteiger partial charge in [0.15, 0.2) is 0 Å². The summed E-state index contributed by atoms with van der Waals surface area (Å²) in [6.07, 6.45) is 0.592. The highest BCUT2D eigenvalue weighted by atomic mass is 32.1. The van der Waals surface area contributed by atoms with Crippen molar-refractivity contribution >= 4 is 27.6 Å². The zero-order chi connectivity index (χ0) is 17.0. The Hall–Kier alpha value is -1.66. The van der Waals surface area contributed by atoms with Crippen molar-refractivity contribution in [2.45, 2.75) is 39.3 Å². The van der Waals surface area contributed by atoms with E-state index in [9.17, 15) is 4.79 Å². The van der Waals surface area contributed by atoms with Gasteiger partial charge in [-0.3, -0.25) is 0 Å². The zero-order valence-electron chi connectivity index (χ0n) is 14.5. The van der Waals surface area contributed by atoms with Gasteiger partial charge in [-0.25, -0.2) is 9.78 Å². The molecule has 2 aromatic rings. The molecule has 0 radical (unpaired) electrons. The number of carbonyl (C=O) groups excluding carboxylic acids is 1. The van der Waals surface area contributed by atoms with Crippen molar-refractivity contribution in [1.82, 2.24) is 15.2 Å². The summed E-state index contributed by atoms with van der Waals surface area (Å²) in [6, 6.07) is 6.39. The van der Waals surface area contributed by atoms with Gasteiger partial charge in [-0.2, -0.15) is 0 Å². The molecule has 0 atom stereocenters. The van der Waals surface area contributed by atoms with Crippen LogP contribution in [0.3, 0.4) is 0 Å². The first-order chi connectivity index (χ1) is 10.7.